The van der Waals surface area contributed by atoms with E-state index in [2.05, 4.69) is 69.1 Å². The lowest BCUT2D eigenvalue weighted by molar-refractivity contribution is -0.136. The zero-order chi connectivity index (χ0) is 40.4. The number of hydrogen-bond donors (Lipinski definition) is 4. The normalized spacial score (nSPS) is 18.8. The van der Waals surface area contributed by atoms with E-state index in [9.17, 15) is 19.2 Å². The quantitative estimate of drug-likeness (QED) is 0.124. The molecule has 2 aromatic heterocycles. The molecule has 4 aromatic rings. The van der Waals surface area contributed by atoms with E-state index in [0.29, 0.717) is 13.1 Å². The molecule has 0 spiro atoms. The molecular formula is C44H55N7O6. The zero-order valence-corrected chi connectivity index (χ0v) is 33.8. The van der Waals surface area contributed by atoms with E-state index in [1.54, 1.807) is 0 Å². The van der Waals surface area contributed by atoms with Crippen molar-refractivity contribution in [2.75, 3.05) is 27.3 Å². The zero-order valence-electron chi connectivity index (χ0n) is 33.8. The average molecular weight is 778 g/mol. The smallest absolute Gasteiger partial charge is 0.407 e. The molecule has 4 atom stereocenters. The molecule has 0 radical (unpaired) electrons. The van der Waals surface area contributed by atoms with Gasteiger partial charge in [-0.15, -0.1) is 0 Å². The molecule has 3 aliphatic rings. The first-order chi connectivity index (χ1) is 27.5. The Balaban J connectivity index is 1.05. The molecule has 1 unspecified atom stereocenters. The van der Waals surface area contributed by atoms with Crippen LogP contribution in [0.4, 0.5) is 9.59 Å². The molecule has 1 aliphatic carbocycles. The maximum atomic E-state index is 13.8. The lowest BCUT2D eigenvalue weighted by Gasteiger charge is -2.31. The summed E-state index contributed by atoms with van der Waals surface area (Å²) in [7, 11) is 2.61. The molecule has 4 N–H and O–H groups in total. The Labute approximate surface area is 334 Å². The van der Waals surface area contributed by atoms with Crippen molar-refractivity contribution in [2.45, 2.75) is 96.8 Å². The SMILES string of the molecule is COC(=O)N[C@H](C(=O)N1CCCC1c1ncc(-c2ccc(-c3ccc(-c4[nH]c([C@@H]5CCCN5C(=O)[C@@H](NC(=O)OC)C(C)C)c5c4CCC5)cc3)cc2)[nH]1)C(C)C. The average Bonchev–Trinajstić information content (AvgIpc) is 4.07. The molecule has 302 valence electrons. The molecule has 0 bridgehead atoms. The van der Waals surface area contributed by atoms with Crippen molar-refractivity contribution in [2.24, 2.45) is 11.8 Å². The number of aromatic amines is 2. The number of aromatic nitrogens is 3. The first kappa shape index (κ1) is 39.6. The Hall–Kier alpha value is -5.59. The lowest BCUT2D eigenvalue weighted by atomic mass is 9.99. The molecule has 2 saturated heterocycles. The van der Waals surface area contributed by atoms with Gasteiger partial charge in [0.2, 0.25) is 11.8 Å². The maximum absolute atomic E-state index is 13.8. The Morgan fingerprint density at radius 2 is 1.16 bits per heavy atom. The van der Waals surface area contributed by atoms with Gasteiger partial charge in [0.25, 0.3) is 0 Å². The standard InChI is InChI=1S/C44H55N7O6/c1-25(2)36(48-43(54)56-5)41(52)50-22-8-12-34(50)39-32-11-7-10-31(32)38(47-39)30-20-16-28(17-21-30)27-14-18-29(19-15-27)33-24-45-40(46-33)35-13-9-23-51(35)42(53)37(26(3)4)49-44(55)57-6/h14-21,24-26,34-37,47H,7-13,22-23H2,1-6H3,(H,45,46)(H,48,54)(H,49,55)/t34-,35?,36-,37-/m0/s1. The van der Waals surface area contributed by atoms with Gasteiger partial charge in [0.15, 0.2) is 0 Å². The number of methoxy groups -OCH3 is 2. The molecule has 0 saturated carbocycles. The number of carbonyl (C=O) groups is 4. The summed E-state index contributed by atoms with van der Waals surface area (Å²) in [4.78, 5) is 67.2. The molecule has 2 aromatic carbocycles. The third-order valence-electron chi connectivity index (χ3n) is 11.9. The number of rotatable bonds is 11. The number of fused-ring (bicyclic) bond motifs is 1. The van der Waals surface area contributed by atoms with E-state index in [1.165, 1.54) is 25.3 Å². The topological polar surface area (TPSA) is 162 Å². The molecule has 13 heteroatoms. The number of nitrogens with one attached hydrogen (secondary N) is 4. The second kappa shape index (κ2) is 16.9. The highest BCUT2D eigenvalue weighted by Gasteiger charge is 2.40. The number of likely N-dealkylation sites (tertiary alicyclic amines) is 2. The fraction of sp³-hybridized carbons (Fsp3) is 0.477. The van der Waals surface area contributed by atoms with Crippen LogP contribution in [-0.2, 0) is 31.9 Å². The number of benzene rings is 2. The fourth-order valence-corrected chi connectivity index (χ4v) is 8.86. The first-order valence-electron chi connectivity index (χ1n) is 20.3. The highest BCUT2D eigenvalue weighted by atomic mass is 16.5. The summed E-state index contributed by atoms with van der Waals surface area (Å²) in [6, 6.07) is 15.4. The van der Waals surface area contributed by atoms with Gasteiger partial charge in [-0.2, -0.15) is 0 Å². The summed E-state index contributed by atoms with van der Waals surface area (Å²) in [6.07, 6.45) is 7.11. The maximum Gasteiger partial charge on any atom is 0.407 e. The van der Waals surface area contributed by atoms with E-state index in [1.807, 2.05) is 43.7 Å². The minimum Gasteiger partial charge on any atom is -0.453 e. The number of imidazole rings is 1. The van der Waals surface area contributed by atoms with E-state index in [-0.39, 0.29) is 35.7 Å². The van der Waals surface area contributed by atoms with Gasteiger partial charge in [0, 0.05) is 24.5 Å². The predicted octanol–water partition coefficient (Wildman–Crippen LogP) is 7.32. The molecule has 2 aliphatic heterocycles. The van der Waals surface area contributed by atoms with Crippen molar-refractivity contribution in [1.82, 2.24) is 35.4 Å². The van der Waals surface area contributed by atoms with Gasteiger partial charge in [-0.25, -0.2) is 14.6 Å². The number of hydrogen-bond acceptors (Lipinski definition) is 7. The second-order valence-corrected chi connectivity index (χ2v) is 16.2. The van der Waals surface area contributed by atoms with Crippen LogP contribution in [0.25, 0.3) is 33.6 Å². The summed E-state index contributed by atoms with van der Waals surface area (Å²) < 4.78 is 9.59. The molecule has 4 amide bonds. The minimum absolute atomic E-state index is 0.0605. The summed E-state index contributed by atoms with van der Waals surface area (Å²) in [5, 5.41) is 5.47. The summed E-state index contributed by atoms with van der Waals surface area (Å²) >= 11 is 0. The van der Waals surface area contributed by atoms with Crippen LogP contribution in [0.1, 0.15) is 94.5 Å². The van der Waals surface area contributed by atoms with E-state index < -0.39 is 24.3 Å². The Kier molecular flexibility index (Phi) is 11.7. The fourth-order valence-electron chi connectivity index (χ4n) is 8.86. The summed E-state index contributed by atoms with van der Waals surface area (Å²) in [5.74, 6) is 0.354. The van der Waals surface area contributed by atoms with Crippen LogP contribution < -0.4 is 10.6 Å². The summed E-state index contributed by atoms with van der Waals surface area (Å²) in [5.41, 5.74) is 10.1. The van der Waals surface area contributed by atoms with Gasteiger partial charge in [-0.1, -0.05) is 76.2 Å². The highest BCUT2D eigenvalue weighted by Crippen LogP contribution is 2.42. The van der Waals surface area contributed by atoms with Crippen molar-refractivity contribution in [1.29, 1.82) is 0 Å². The number of carbonyl (C=O) groups excluding carboxylic acids is 4. The van der Waals surface area contributed by atoms with Crippen molar-refractivity contribution in [3.63, 3.8) is 0 Å². The molecule has 57 heavy (non-hydrogen) atoms. The monoisotopic (exact) mass is 777 g/mol. The largest absolute Gasteiger partial charge is 0.453 e. The van der Waals surface area contributed by atoms with Crippen LogP contribution >= 0.6 is 0 Å². The van der Waals surface area contributed by atoms with Gasteiger partial charge in [-0.3, -0.25) is 9.59 Å². The Morgan fingerprint density at radius 3 is 1.70 bits per heavy atom. The molecule has 4 heterocycles. The minimum atomic E-state index is -0.683. The third kappa shape index (κ3) is 8.01. The van der Waals surface area contributed by atoms with E-state index in [0.717, 1.165) is 90.1 Å². The van der Waals surface area contributed by atoms with Crippen LogP contribution in [0.5, 0.6) is 0 Å². The molecular weight excluding hydrogens is 723 g/mol. The van der Waals surface area contributed by atoms with Crippen LogP contribution in [0.3, 0.4) is 0 Å². The molecule has 13 nitrogen and oxygen atoms in total. The van der Waals surface area contributed by atoms with E-state index >= 15 is 0 Å². The molecule has 7 rings (SSSR count). The number of nitrogens with zero attached hydrogens (tertiary/aromatic N) is 3. The van der Waals surface area contributed by atoms with Gasteiger partial charge < -0.3 is 39.9 Å². The van der Waals surface area contributed by atoms with Crippen LogP contribution in [-0.4, -0.2) is 88.1 Å². The Morgan fingerprint density at radius 1 is 0.667 bits per heavy atom. The van der Waals surface area contributed by atoms with Crippen LogP contribution in [0.15, 0.2) is 54.7 Å². The van der Waals surface area contributed by atoms with E-state index in [4.69, 9.17) is 14.5 Å². The second-order valence-electron chi connectivity index (χ2n) is 16.2. The van der Waals surface area contributed by atoms with Gasteiger partial charge in [0.1, 0.15) is 17.9 Å². The van der Waals surface area contributed by atoms with Gasteiger partial charge in [-0.05, 0) is 90.2 Å². The highest BCUT2D eigenvalue weighted by molar-refractivity contribution is 5.87. The van der Waals surface area contributed by atoms with Gasteiger partial charge in [0.05, 0.1) is 38.2 Å². The lowest BCUT2D eigenvalue weighted by Crippen LogP contribution is -2.51. The Bertz CT molecular complexity index is 2090. The van der Waals surface area contributed by atoms with Crippen LogP contribution in [0, 0.1) is 11.8 Å². The van der Waals surface area contributed by atoms with Crippen molar-refractivity contribution < 1.29 is 28.7 Å². The number of amides is 4. The third-order valence-corrected chi connectivity index (χ3v) is 11.9. The predicted molar refractivity (Wildman–Crippen MR) is 217 cm³/mol. The number of alkyl carbamates (subject to hydrolysis) is 2. The van der Waals surface area contributed by atoms with Crippen molar-refractivity contribution in [3.8, 4) is 33.6 Å². The first-order valence-corrected chi connectivity index (χ1v) is 20.3. The van der Waals surface area contributed by atoms with Crippen molar-refractivity contribution in [3.05, 3.63) is 77.4 Å². The molecule has 2 fully saturated rings. The number of ether oxygens (including phenoxy) is 2. The van der Waals surface area contributed by atoms with Gasteiger partial charge >= 0.3 is 12.2 Å². The van der Waals surface area contributed by atoms with Crippen LogP contribution in [0.2, 0.25) is 0 Å². The number of H-pyrrole nitrogens is 2. The van der Waals surface area contributed by atoms with Crippen molar-refractivity contribution >= 4 is 24.0 Å². The summed E-state index contributed by atoms with van der Waals surface area (Å²) in [6.45, 7) is 8.95.